The number of rotatable bonds is 0. The van der Waals surface area contributed by atoms with E-state index in [0.29, 0.717) is 0 Å². The molecule has 0 heterocycles. The Morgan fingerprint density at radius 3 is 1.17 bits per heavy atom. The largest absolute Gasteiger partial charge is 1.00 e. The van der Waals surface area contributed by atoms with E-state index in [1.165, 1.54) is 0 Å². The van der Waals surface area contributed by atoms with Crippen LogP contribution in [0.2, 0.25) is 19.6 Å². The van der Waals surface area contributed by atoms with Crippen molar-refractivity contribution in [2.24, 2.45) is 0 Å². The van der Waals surface area contributed by atoms with Gasteiger partial charge in [-0.3, -0.25) is 0 Å². The first-order valence-corrected chi connectivity index (χ1v) is 5.25. The Hall–Kier alpha value is 0.774. The molecule has 0 radical (unpaired) electrons. The summed E-state index contributed by atoms with van der Waals surface area (Å²) in [6.07, 6.45) is 0. The van der Waals surface area contributed by atoms with E-state index < -0.39 is 8.24 Å². The molecule has 0 aliphatic rings. The summed E-state index contributed by atoms with van der Waals surface area (Å²) in [7, 11) is -1.36. The van der Waals surface area contributed by atoms with Gasteiger partial charge < -0.3 is 5.40 Å². The Morgan fingerprint density at radius 2 is 1.17 bits per heavy atom. The van der Waals surface area contributed by atoms with Crippen molar-refractivity contribution in [1.29, 1.82) is 0 Å². The average Bonchev–Trinajstić information content (AvgIpc) is 0.722. The van der Waals surface area contributed by atoms with Gasteiger partial charge in [-0.05, 0) is 0 Å². The third-order valence-corrected chi connectivity index (χ3v) is 0. The number of hydrogen-bond donors (Lipinski definition) is 0. The molecule has 3 heteroatoms. The first-order chi connectivity index (χ1) is 2.00. The maximum Gasteiger partial charge on any atom is 1.00 e. The molecule has 6 heavy (non-hydrogen) atoms. The molecular formula is C3H10LiNSi. The molecule has 0 aliphatic carbocycles. The van der Waals surface area contributed by atoms with Crippen LogP contribution in [0.15, 0.2) is 0 Å². The van der Waals surface area contributed by atoms with Gasteiger partial charge in [0.15, 0.2) is 0 Å². The van der Waals surface area contributed by atoms with Crippen LogP contribution in [0.3, 0.4) is 0 Å². The van der Waals surface area contributed by atoms with Gasteiger partial charge in [-0.1, -0.05) is 27.9 Å². The van der Waals surface area contributed by atoms with Gasteiger partial charge in [-0.25, -0.2) is 0 Å². The van der Waals surface area contributed by atoms with Crippen LogP contribution in [-0.4, -0.2) is 8.24 Å². The standard InChI is InChI=1S/C3H10NSi.Li/c1-5(2,3)4;/h4H,1-3H3;/q-1;+1. The molecule has 0 aromatic heterocycles. The molecule has 0 aliphatic heterocycles. The molecule has 0 aromatic carbocycles. The Labute approximate surface area is 52.6 Å². The molecule has 0 unspecified atom stereocenters. The van der Waals surface area contributed by atoms with Crippen LogP contribution in [0, 0.1) is 0 Å². The van der Waals surface area contributed by atoms with Crippen LogP contribution in [0.5, 0.6) is 0 Å². The van der Waals surface area contributed by atoms with Crippen molar-refractivity contribution < 1.29 is 18.9 Å². The third-order valence-electron chi connectivity index (χ3n) is 0. The first kappa shape index (κ1) is 9.91. The van der Waals surface area contributed by atoms with Gasteiger partial charge in [0.2, 0.25) is 0 Å². The van der Waals surface area contributed by atoms with E-state index in [-0.39, 0.29) is 18.9 Å². The van der Waals surface area contributed by atoms with Crippen LogP contribution in [-0.2, 0) is 0 Å². The van der Waals surface area contributed by atoms with Crippen LogP contribution in [0.1, 0.15) is 0 Å². The minimum atomic E-state index is -1.36. The molecule has 1 N–H and O–H groups in total. The molecule has 1 nitrogen and oxygen atoms in total. The molecule has 32 valence electrons. The maximum atomic E-state index is 7.08. The van der Waals surface area contributed by atoms with Crippen molar-refractivity contribution in [3.63, 3.8) is 0 Å². The van der Waals surface area contributed by atoms with E-state index in [4.69, 9.17) is 5.40 Å². The van der Waals surface area contributed by atoms with Gasteiger partial charge in [0.1, 0.15) is 0 Å². The number of hydrogen-bond acceptors (Lipinski definition) is 0. The predicted octanol–water partition coefficient (Wildman–Crippen LogP) is -1.12. The van der Waals surface area contributed by atoms with E-state index in [9.17, 15) is 0 Å². The molecule has 0 saturated carbocycles. The third kappa shape index (κ3) is 113. The van der Waals surface area contributed by atoms with Crippen LogP contribution < -0.4 is 18.9 Å². The zero-order chi connectivity index (χ0) is 4.50. The van der Waals surface area contributed by atoms with E-state index in [1.807, 2.05) is 19.6 Å². The van der Waals surface area contributed by atoms with Crippen molar-refractivity contribution in [3.05, 3.63) is 5.40 Å². The normalized spacial score (nSPS) is 10.0. The second-order valence-electron chi connectivity index (χ2n) is 2.25. The maximum absolute atomic E-state index is 7.08. The molecule has 0 aromatic rings. The summed E-state index contributed by atoms with van der Waals surface area (Å²) in [5, 5.41) is 7.08. The Kier molecular flexibility index (Phi) is 4.74. The summed E-state index contributed by atoms with van der Waals surface area (Å²) in [4.78, 5) is 0. The molecule has 0 fully saturated rings. The van der Waals surface area contributed by atoms with Gasteiger partial charge in [0, 0.05) is 0 Å². The fourth-order valence-corrected chi connectivity index (χ4v) is 0. The summed E-state index contributed by atoms with van der Waals surface area (Å²) >= 11 is 0. The quantitative estimate of drug-likeness (QED) is 0.340. The van der Waals surface area contributed by atoms with Gasteiger partial charge in [0.05, 0.1) is 0 Å². The van der Waals surface area contributed by atoms with Crippen molar-refractivity contribution in [2.45, 2.75) is 19.6 Å². The van der Waals surface area contributed by atoms with Crippen molar-refractivity contribution >= 4 is 8.24 Å². The molecule has 0 rings (SSSR count). The van der Waals surface area contributed by atoms with Crippen LogP contribution >= 0.6 is 0 Å². The average molecular weight is 95.1 g/mol. The minimum Gasteiger partial charge on any atom is -0.680 e. The first-order valence-electron chi connectivity index (χ1n) is 1.75. The van der Waals surface area contributed by atoms with Gasteiger partial charge in [-0.15, -0.1) is 0 Å². The zero-order valence-corrected chi connectivity index (χ0v) is 6.00. The minimum absolute atomic E-state index is 0. The van der Waals surface area contributed by atoms with Crippen LogP contribution in [0.4, 0.5) is 0 Å². The summed E-state index contributed by atoms with van der Waals surface area (Å²) in [6.45, 7) is 5.98. The molecular weight excluding hydrogens is 85.1 g/mol. The fourth-order valence-electron chi connectivity index (χ4n) is 0. The molecule has 0 bridgehead atoms. The van der Waals surface area contributed by atoms with Gasteiger partial charge in [0.25, 0.3) is 0 Å². The second-order valence-corrected chi connectivity index (χ2v) is 6.75. The summed E-state index contributed by atoms with van der Waals surface area (Å²) < 4.78 is 0. The molecule has 0 atom stereocenters. The molecule has 0 spiro atoms. The van der Waals surface area contributed by atoms with Crippen molar-refractivity contribution in [1.82, 2.24) is 0 Å². The van der Waals surface area contributed by atoms with Crippen molar-refractivity contribution in [2.75, 3.05) is 0 Å². The van der Waals surface area contributed by atoms with Crippen molar-refractivity contribution in [3.8, 4) is 0 Å². The zero-order valence-electron chi connectivity index (χ0n) is 5.00. The van der Waals surface area contributed by atoms with Gasteiger partial charge >= 0.3 is 18.9 Å². The van der Waals surface area contributed by atoms with E-state index in [1.54, 1.807) is 0 Å². The summed E-state index contributed by atoms with van der Waals surface area (Å²) in [6, 6.07) is 0. The fraction of sp³-hybridized carbons (Fsp3) is 1.00. The topological polar surface area (TPSA) is 23.8 Å². The SMILES string of the molecule is C[Si](C)(C)[NH-].[Li+]. The summed E-state index contributed by atoms with van der Waals surface area (Å²) in [5.74, 6) is 0. The summed E-state index contributed by atoms with van der Waals surface area (Å²) in [5.41, 5.74) is 0. The predicted molar refractivity (Wildman–Crippen MR) is 27.7 cm³/mol. The molecule has 0 amide bonds. The van der Waals surface area contributed by atoms with Crippen LogP contribution in [0.25, 0.3) is 5.40 Å². The van der Waals surface area contributed by atoms with E-state index in [2.05, 4.69) is 0 Å². The smallest absolute Gasteiger partial charge is 0.680 e. The second kappa shape index (κ2) is 2.87. The van der Waals surface area contributed by atoms with E-state index in [0.717, 1.165) is 0 Å². The Morgan fingerprint density at radius 1 is 1.17 bits per heavy atom. The molecule has 0 saturated heterocycles. The number of nitrogens with one attached hydrogen (secondary N) is 1. The monoisotopic (exact) mass is 95.1 g/mol. The van der Waals surface area contributed by atoms with Gasteiger partial charge in [-0.2, -0.15) is 0 Å². The Balaban J connectivity index is 0. The van der Waals surface area contributed by atoms with E-state index >= 15 is 0 Å². The Bertz CT molecular complexity index is 26.3.